The van der Waals surface area contributed by atoms with E-state index in [0.717, 1.165) is 57.1 Å². The third-order valence-electron chi connectivity index (χ3n) is 13.1. The van der Waals surface area contributed by atoms with Gasteiger partial charge >= 0.3 is 6.09 Å². The number of carbonyl (C=O) groups excluding carboxylic acids is 3. The molecule has 2 aliphatic heterocycles. The number of aromatic amines is 1. The Morgan fingerprint density at radius 1 is 1.05 bits per heavy atom. The molecule has 4 fully saturated rings. The van der Waals surface area contributed by atoms with Gasteiger partial charge in [0.2, 0.25) is 30.4 Å². The number of ether oxygens (including phenoxy) is 3. The zero-order valence-electron chi connectivity index (χ0n) is 36.8. The molecule has 0 spiro atoms. The number of amides is 3. The van der Waals surface area contributed by atoms with Crippen molar-refractivity contribution in [3.05, 3.63) is 64.0 Å². The molecular formula is C46H57ClF2N6O8PS+. The molecule has 8 rings (SSSR count). The molecule has 2 aliphatic carbocycles. The number of thiazole rings is 1. The van der Waals surface area contributed by atoms with Crippen LogP contribution in [0, 0.1) is 17.6 Å². The SMILES string of the molecule is COc1ccc2c(OC3C[C@H]4C(=O)N[C@]5(P(=O)(O)Cc6c(F)cccc6F)C[C@H]5CCCCCCCC(NC(=O)OC5CCCC5)C(=O)N4C3)cc(-c3csc(NC(C)C)n3)[nH+]c2c1Cl. The van der Waals surface area contributed by atoms with Gasteiger partial charge in [0.1, 0.15) is 58.4 Å². The van der Waals surface area contributed by atoms with Crippen molar-refractivity contribution in [1.82, 2.24) is 20.5 Å². The number of anilines is 1. The van der Waals surface area contributed by atoms with Gasteiger partial charge in [0.15, 0.2) is 10.2 Å². The van der Waals surface area contributed by atoms with Crippen molar-refractivity contribution in [2.45, 2.75) is 139 Å². The molecule has 0 radical (unpaired) electrons. The predicted octanol–water partition coefficient (Wildman–Crippen LogP) is 8.97. The average molecular weight is 958 g/mol. The Hall–Kier alpha value is -4.57. The molecule has 2 saturated carbocycles. The van der Waals surface area contributed by atoms with Crippen LogP contribution < -0.4 is 30.4 Å². The Morgan fingerprint density at radius 3 is 2.48 bits per heavy atom. The molecule has 2 aromatic heterocycles. The van der Waals surface area contributed by atoms with E-state index >= 15 is 0 Å². The van der Waals surface area contributed by atoms with Crippen LogP contribution in [0.1, 0.15) is 103 Å². The van der Waals surface area contributed by atoms with Gasteiger partial charge in [0.05, 0.1) is 31.3 Å². The van der Waals surface area contributed by atoms with Crippen molar-refractivity contribution in [2.75, 3.05) is 19.0 Å². The van der Waals surface area contributed by atoms with Crippen molar-refractivity contribution < 1.29 is 51.8 Å². The highest BCUT2D eigenvalue weighted by atomic mass is 35.5. The van der Waals surface area contributed by atoms with Crippen molar-refractivity contribution in [3.63, 3.8) is 0 Å². The number of rotatable bonds is 11. The fourth-order valence-electron chi connectivity index (χ4n) is 9.64. The first-order valence-corrected chi connectivity index (χ1v) is 25.7. The normalized spacial score (nSPS) is 25.2. The van der Waals surface area contributed by atoms with Gasteiger partial charge in [-0.3, -0.25) is 14.2 Å². The maximum absolute atomic E-state index is 15.0. The van der Waals surface area contributed by atoms with E-state index in [2.05, 4.69) is 20.9 Å². The van der Waals surface area contributed by atoms with Crippen LogP contribution >= 0.6 is 30.3 Å². The number of hydrogen-bond donors (Lipinski definition) is 4. The Morgan fingerprint density at radius 2 is 1.75 bits per heavy atom. The van der Waals surface area contributed by atoms with Crippen molar-refractivity contribution in [2.24, 2.45) is 5.92 Å². The lowest BCUT2D eigenvalue weighted by Crippen LogP contribution is -2.55. The molecule has 5 N–H and O–H groups in total. The highest BCUT2D eigenvalue weighted by Gasteiger charge is 2.66. The van der Waals surface area contributed by atoms with Crippen LogP contribution in [-0.2, 0) is 25.1 Å². The maximum atomic E-state index is 15.0. The van der Waals surface area contributed by atoms with Gasteiger partial charge in [0.25, 0.3) is 0 Å². The lowest BCUT2D eigenvalue weighted by atomic mass is 10.0. The molecule has 4 heterocycles. The summed E-state index contributed by atoms with van der Waals surface area (Å²) in [6.07, 6.45) is 5.40. The number of methoxy groups -OCH3 is 1. The number of nitrogens with one attached hydrogen (secondary N) is 4. The van der Waals surface area contributed by atoms with E-state index in [1.807, 2.05) is 19.2 Å². The summed E-state index contributed by atoms with van der Waals surface area (Å²) in [6, 6.07) is 6.43. The number of nitrogens with zero attached hydrogens (tertiary/aromatic N) is 2. The number of halogens is 3. The summed E-state index contributed by atoms with van der Waals surface area (Å²) in [5, 5.41) is 10.9. The number of fused-ring (bicyclic) bond motifs is 3. The van der Waals surface area contributed by atoms with Crippen LogP contribution in [0.15, 0.2) is 41.8 Å². The molecule has 3 amide bonds. The summed E-state index contributed by atoms with van der Waals surface area (Å²) < 4.78 is 62.5. The van der Waals surface area contributed by atoms with Crippen molar-refractivity contribution >= 4 is 64.2 Å². The molecule has 0 bridgehead atoms. The topological polar surface area (TPSA) is 183 Å². The molecule has 2 saturated heterocycles. The zero-order chi connectivity index (χ0) is 46.0. The monoisotopic (exact) mass is 957 g/mol. The highest BCUT2D eigenvalue weighted by molar-refractivity contribution is 7.59. The number of pyridine rings is 1. The van der Waals surface area contributed by atoms with Gasteiger partial charge in [-0.25, -0.2) is 23.5 Å². The third-order valence-corrected chi connectivity index (χ3v) is 16.9. The molecule has 19 heteroatoms. The van der Waals surface area contributed by atoms with Crippen LogP contribution in [0.2, 0.25) is 5.02 Å². The molecule has 3 unspecified atom stereocenters. The second kappa shape index (κ2) is 19.7. The first-order chi connectivity index (χ1) is 31.2. The van der Waals surface area contributed by atoms with Crippen molar-refractivity contribution in [1.29, 1.82) is 0 Å². The van der Waals surface area contributed by atoms with Gasteiger partial charge in [-0.15, -0.1) is 11.3 Å². The summed E-state index contributed by atoms with van der Waals surface area (Å²) in [5.41, 5.74) is 1.17. The quantitative estimate of drug-likeness (QED) is 0.106. The highest BCUT2D eigenvalue weighted by Crippen LogP contribution is 2.71. The number of hydrogen-bond acceptors (Lipinski definition) is 10. The largest absolute Gasteiger partial charge is 0.495 e. The number of carbonyl (C=O) groups is 3. The summed E-state index contributed by atoms with van der Waals surface area (Å²) in [7, 11) is -3.04. The fraction of sp³-hybridized carbons (Fsp3) is 0.543. The van der Waals surface area contributed by atoms with E-state index in [0.29, 0.717) is 69.6 Å². The van der Waals surface area contributed by atoms with E-state index in [9.17, 15) is 32.6 Å². The van der Waals surface area contributed by atoms with Crippen LogP contribution in [0.5, 0.6) is 11.5 Å². The summed E-state index contributed by atoms with van der Waals surface area (Å²) >= 11 is 8.33. The maximum Gasteiger partial charge on any atom is 0.408 e. The van der Waals surface area contributed by atoms with Gasteiger partial charge in [-0.05, 0) is 89.0 Å². The third kappa shape index (κ3) is 10.2. The summed E-state index contributed by atoms with van der Waals surface area (Å²) in [6.45, 7) is 3.94. The van der Waals surface area contributed by atoms with Gasteiger partial charge in [-0.1, -0.05) is 49.8 Å². The first kappa shape index (κ1) is 46.9. The van der Waals surface area contributed by atoms with Gasteiger partial charge < -0.3 is 40.0 Å². The van der Waals surface area contributed by atoms with Crippen LogP contribution in [-0.4, -0.2) is 82.0 Å². The fourth-order valence-corrected chi connectivity index (χ4v) is 13.3. The van der Waals surface area contributed by atoms with Crippen molar-refractivity contribution in [3.8, 4) is 22.9 Å². The predicted molar refractivity (Wildman–Crippen MR) is 243 cm³/mol. The number of H-pyrrole nitrogens is 1. The molecule has 65 heavy (non-hydrogen) atoms. The molecule has 2 aromatic carbocycles. The van der Waals surface area contributed by atoms with E-state index in [4.69, 9.17) is 30.8 Å². The minimum Gasteiger partial charge on any atom is -0.495 e. The standard InChI is InChI=1S/C46H56ClF2N6O8PS/c1-26(2)50-44-52-36(25-65-44)35-21-39(30-18-19-38(61-3)40(47)41(30)51-35)62-29-20-37-42(56)54-46(64(59,60)24-31-32(48)15-11-16-33(31)49)22-27(46)12-7-5-4-6-8-17-34(43(57)55(37)23-29)53-45(58)63-28-13-9-10-14-28/h11,15-16,18-19,21,25-29,34,37H,4-10,12-14,17,20,22-24H2,1-3H3,(H,50,52)(H,53,58)(H,54,56)(H,59,60)/p+1/t27-,29?,34?,37+,46+/m1/s1. The Kier molecular flexibility index (Phi) is 14.2. The van der Waals surface area contributed by atoms with Gasteiger partial charge in [-0.2, -0.15) is 0 Å². The van der Waals surface area contributed by atoms with Gasteiger partial charge in [0, 0.05) is 23.4 Å². The van der Waals surface area contributed by atoms with E-state index in [1.54, 1.807) is 18.2 Å². The first-order valence-electron chi connectivity index (χ1n) is 22.6. The smallest absolute Gasteiger partial charge is 0.408 e. The Labute approximate surface area is 386 Å². The van der Waals surface area contributed by atoms with E-state index < -0.39 is 78.0 Å². The Bertz CT molecular complexity index is 2450. The van der Waals surface area contributed by atoms with E-state index in [-0.39, 0.29) is 31.5 Å². The van der Waals surface area contributed by atoms with E-state index in [1.165, 1.54) is 29.4 Å². The second-order valence-electron chi connectivity index (χ2n) is 18.1. The molecule has 6 atom stereocenters. The molecule has 14 nitrogen and oxygen atoms in total. The number of benzene rings is 2. The molecule has 350 valence electrons. The van der Waals surface area contributed by atoms with Crippen LogP contribution in [0.25, 0.3) is 22.3 Å². The average Bonchev–Trinajstić information content (AvgIpc) is 3.68. The van der Waals surface area contributed by atoms with Crippen LogP contribution in [0.3, 0.4) is 0 Å². The summed E-state index contributed by atoms with van der Waals surface area (Å²) in [5.74, 6) is -2.77. The second-order valence-corrected chi connectivity index (χ2v) is 21.9. The Balaban J connectivity index is 1.14. The minimum atomic E-state index is -4.56. The zero-order valence-corrected chi connectivity index (χ0v) is 39.3. The number of alkyl carbamates (subject to hydrolysis) is 1. The molecule has 4 aromatic rings. The molecular weight excluding hydrogens is 901 g/mol. The lowest BCUT2D eigenvalue weighted by molar-refractivity contribution is -0.331. The molecule has 4 aliphatic rings. The minimum absolute atomic E-state index is 0.0340. The lowest BCUT2D eigenvalue weighted by Gasteiger charge is -2.31. The summed E-state index contributed by atoms with van der Waals surface area (Å²) in [4.78, 5) is 64.5. The number of aromatic nitrogens is 2. The van der Waals surface area contributed by atoms with Crippen LogP contribution in [0.4, 0.5) is 18.7 Å².